The van der Waals surface area contributed by atoms with Gasteiger partial charge in [-0.1, -0.05) is 6.07 Å². The number of nitrogens with zero attached hydrogens (tertiary/aromatic N) is 1. The molecule has 1 aromatic rings. The first kappa shape index (κ1) is 14.3. The van der Waals surface area contributed by atoms with Gasteiger partial charge in [0.1, 0.15) is 5.82 Å². The quantitative estimate of drug-likeness (QED) is 0.847. The molecule has 0 saturated carbocycles. The second-order valence-corrected chi connectivity index (χ2v) is 5.40. The molecule has 0 unspecified atom stereocenters. The fourth-order valence-electron chi connectivity index (χ4n) is 2.88. The van der Waals surface area contributed by atoms with Crippen molar-refractivity contribution in [1.29, 1.82) is 0 Å². The number of anilines is 1. The fraction of sp³-hybridized carbons (Fsp3) is 0.625. The maximum Gasteiger partial charge on any atom is 0.125 e. The van der Waals surface area contributed by atoms with E-state index < -0.39 is 0 Å². The summed E-state index contributed by atoms with van der Waals surface area (Å²) in [6, 6.07) is 6.93. The number of hydrogen-bond acceptors (Lipinski definition) is 2. The van der Waals surface area contributed by atoms with Gasteiger partial charge in [-0.05, 0) is 69.8 Å². The van der Waals surface area contributed by atoms with Crippen LogP contribution in [-0.2, 0) is 0 Å². The van der Waals surface area contributed by atoms with Gasteiger partial charge in [-0.3, -0.25) is 0 Å². The lowest BCUT2D eigenvalue weighted by molar-refractivity contribution is 0.347. The van der Waals surface area contributed by atoms with Crippen molar-refractivity contribution < 1.29 is 4.39 Å². The van der Waals surface area contributed by atoms with Crippen LogP contribution in [0.15, 0.2) is 24.3 Å². The van der Waals surface area contributed by atoms with Crippen molar-refractivity contribution in [2.75, 3.05) is 31.1 Å². The van der Waals surface area contributed by atoms with Crippen molar-refractivity contribution in [3.05, 3.63) is 30.1 Å². The third-order valence-corrected chi connectivity index (χ3v) is 4.05. The van der Waals surface area contributed by atoms with Crippen molar-refractivity contribution >= 4 is 5.69 Å². The first-order valence-corrected chi connectivity index (χ1v) is 7.51. The smallest absolute Gasteiger partial charge is 0.125 e. The molecular formula is C16H25FN2. The number of piperidine rings is 1. The van der Waals surface area contributed by atoms with Crippen LogP contribution in [0, 0.1) is 11.7 Å². The lowest BCUT2D eigenvalue weighted by Crippen LogP contribution is -2.29. The van der Waals surface area contributed by atoms with Gasteiger partial charge in [0, 0.05) is 18.8 Å². The number of nitrogens with one attached hydrogen (secondary N) is 1. The summed E-state index contributed by atoms with van der Waals surface area (Å²) in [5.74, 6) is 0.738. The summed E-state index contributed by atoms with van der Waals surface area (Å²) < 4.78 is 13.2. The molecule has 0 amide bonds. The molecule has 2 nitrogen and oxygen atoms in total. The Labute approximate surface area is 116 Å². The zero-order chi connectivity index (χ0) is 13.5. The fourth-order valence-corrected chi connectivity index (χ4v) is 2.88. The van der Waals surface area contributed by atoms with E-state index in [1.807, 2.05) is 6.07 Å². The molecule has 0 atom stereocenters. The summed E-state index contributed by atoms with van der Waals surface area (Å²) in [7, 11) is 0. The van der Waals surface area contributed by atoms with Gasteiger partial charge >= 0.3 is 0 Å². The Kier molecular flexibility index (Phi) is 5.64. The molecular weight excluding hydrogens is 239 g/mol. The van der Waals surface area contributed by atoms with Crippen LogP contribution in [0.5, 0.6) is 0 Å². The number of hydrogen-bond donors (Lipinski definition) is 1. The van der Waals surface area contributed by atoms with Gasteiger partial charge in [0.2, 0.25) is 0 Å². The zero-order valence-electron chi connectivity index (χ0n) is 11.9. The number of benzene rings is 1. The first-order valence-electron chi connectivity index (χ1n) is 7.51. The van der Waals surface area contributed by atoms with Gasteiger partial charge in [-0.25, -0.2) is 4.39 Å². The Morgan fingerprint density at radius 1 is 1.32 bits per heavy atom. The van der Waals surface area contributed by atoms with Crippen molar-refractivity contribution in [2.45, 2.75) is 32.6 Å². The second-order valence-electron chi connectivity index (χ2n) is 5.40. The highest BCUT2D eigenvalue weighted by Gasteiger charge is 2.13. The lowest BCUT2D eigenvalue weighted by atomic mass is 9.93. The third-order valence-electron chi connectivity index (χ3n) is 4.05. The Morgan fingerprint density at radius 3 is 2.79 bits per heavy atom. The maximum absolute atomic E-state index is 13.2. The van der Waals surface area contributed by atoms with Crippen LogP contribution in [0.3, 0.4) is 0 Å². The van der Waals surface area contributed by atoms with Gasteiger partial charge in [-0.2, -0.15) is 0 Å². The van der Waals surface area contributed by atoms with E-state index >= 15 is 0 Å². The van der Waals surface area contributed by atoms with Crippen LogP contribution in [0.4, 0.5) is 10.1 Å². The minimum Gasteiger partial charge on any atom is -0.372 e. The molecule has 0 aliphatic carbocycles. The molecule has 0 spiro atoms. The average Bonchev–Trinajstić information content (AvgIpc) is 2.45. The normalized spacial score (nSPS) is 16.5. The van der Waals surface area contributed by atoms with E-state index in [2.05, 4.69) is 17.1 Å². The largest absolute Gasteiger partial charge is 0.372 e. The van der Waals surface area contributed by atoms with Crippen molar-refractivity contribution in [3.8, 4) is 0 Å². The van der Waals surface area contributed by atoms with Crippen LogP contribution in [-0.4, -0.2) is 26.2 Å². The molecule has 0 radical (unpaired) electrons. The van der Waals surface area contributed by atoms with Crippen molar-refractivity contribution in [2.24, 2.45) is 5.92 Å². The predicted molar refractivity (Wildman–Crippen MR) is 79.1 cm³/mol. The molecule has 1 heterocycles. The molecule has 0 aromatic heterocycles. The zero-order valence-corrected chi connectivity index (χ0v) is 11.9. The van der Waals surface area contributed by atoms with E-state index in [1.54, 1.807) is 12.1 Å². The van der Waals surface area contributed by atoms with Gasteiger partial charge in [0.25, 0.3) is 0 Å². The summed E-state index contributed by atoms with van der Waals surface area (Å²) in [4.78, 5) is 2.27. The van der Waals surface area contributed by atoms with Crippen LogP contribution in [0.1, 0.15) is 32.6 Å². The molecule has 2 rings (SSSR count). The summed E-state index contributed by atoms with van der Waals surface area (Å²) >= 11 is 0. The molecule has 1 saturated heterocycles. The van der Waals surface area contributed by atoms with Gasteiger partial charge in [0.05, 0.1) is 0 Å². The Morgan fingerprint density at radius 2 is 2.11 bits per heavy atom. The topological polar surface area (TPSA) is 15.3 Å². The van der Waals surface area contributed by atoms with E-state index in [-0.39, 0.29) is 5.82 Å². The van der Waals surface area contributed by atoms with Gasteiger partial charge < -0.3 is 10.2 Å². The molecule has 106 valence electrons. The Hall–Kier alpha value is -1.09. The second kappa shape index (κ2) is 7.49. The maximum atomic E-state index is 13.2. The minimum absolute atomic E-state index is 0.144. The lowest BCUT2D eigenvalue weighted by Gasteiger charge is -2.26. The van der Waals surface area contributed by atoms with Crippen LogP contribution < -0.4 is 10.2 Å². The van der Waals surface area contributed by atoms with Crippen LogP contribution in [0.2, 0.25) is 0 Å². The first-order chi connectivity index (χ1) is 9.29. The summed E-state index contributed by atoms with van der Waals surface area (Å²) in [5, 5.41) is 3.41. The Balaban J connectivity index is 1.79. The predicted octanol–water partition coefficient (Wildman–Crippen LogP) is 3.43. The van der Waals surface area contributed by atoms with Crippen LogP contribution in [0.25, 0.3) is 0 Å². The van der Waals surface area contributed by atoms with E-state index in [1.165, 1.54) is 44.8 Å². The van der Waals surface area contributed by atoms with Crippen molar-refractivity contribution in [1.82, 2.24) is 5.32 Å². The Bertz CT molecular complexity index is 375. The van der Waals surface area contributed by atoms with E-state index in [4.69, 9.17) is 0 Å². The highest BCUT2D eigenvalue weighted by molar-refractivity contribution is 5.46. The number of halogens is 1. The minimum atomic E-state index is -0.144. The van der Waals surface area contributed by atoms with Crippen molar-refractivity contribution in [3.63, 3.8) is 0 Å². The molecule has 1 fully saturated rings. The molecule has 3 heteroatoms. The van der Waals surface area contributed by atoms with Gasteiger partial charge in [-0.15, -0.1) is 0 Å². The molecule has 19 heavy (non-hydrogen) atoms. The van der Waals surface area contributed by atoms with E-state index in [0.29, 0.717) is 0 Å². The van der Waals surface area contributed by atoms with Gasteiger partial charge in [0.15, 0.2) is 0 Å². The highest BCUT2D eigenvalue weighted by Crippen LogP contribution is 2.20. The molecule has 1 N–H and O–H groups in total. The highest BCUT2D eigenvalue weighted by atomic mass is 19.1. The molecule has 1 aliphatic rings. The summed E-state index contributed by atoms with van der Waals surface area (Å²) in [5.41, 5.74) is 1.01. The monoisotopic (exact) mass is 264 g/mol. The summed E-state index contributed by atoms with van der Waals surface area (Å²) in [6.07, 6.45) is 5.13. The molecule has 1 aromatic carbocycles. The van der Waals surface area contributed by atoms with Crippen LogP contribution >= 0.6 is 0 Å². The summed E-state index contributed by atoms with van der Waals surface area (Å²) in [6.45, 7) is 6.45. The standard InChI is InChI=1S/C16H25FN2/c1-2-19(16-7-3-6-15(17)13-16)12-4-5-14-8-10-18-11-9-14/h3,6-7,13-14,18H,2,4-5,8-12H2,1H3. The molecule has 1 aliphatic heterocycles. The molecule has 0 bridgehead atoms. The van der Waals surface area contributed by atoms with E-state index in [0.717, 1.165) is 24.7 Å². The average molecular weight is 264 g/mol. The SMILES string of the molecule is CCN(CCCC1CCNCC1)c1cccc(F)c1. The third kappa shape index (κ3) is 4.50. The van der Waals surface area contributed by atoms with E-state index in [9.17, 15) is 4.39 Å². The number of rotatable bonds is 6.